The maximum Gasteiger partial charge on any atom is 0.317 e. The maximum atomic E-state index is 13.0. The van der Waals surface area contributed by atoms with Crippen LogP contribution in [0.25, 0.3) is 0 Å². The van der Waals surface area contributed by atoms with E-state index >= 15 is 0 Å². The fourth-order valence-corrected chi connectivity index (χ4v) is 4.15. The van der Waals surface area contributed by atoms with Crippen molar-refractivity contribution in [2.75, 3.05) is 33.3 Å². The number of likely N-dealkylation sites (tertiary alicyclic amines) is 2. The molecule has 0 aliphatic carbocycles. The predicted octanol–water partition coefficient (Wildman–Crippen LogP) is 3.08. The van der Waals surface area contributed by atoms with Gasteiger partial charge in [0.1, 0.15) is 17.4 Å². The minimum atomic E-state index is -0.194. The van der Waals surface area contributed by atoms with Gasteiger partial charge in [-0.15, -0.1) is 0 Å². The Morgan fingerprint density at radius 1 is 1.09 bits per heavy atom. The molecule has 2 aliphatic rings. The zero-order valence-electron chi connectivity index (χ0n) is 18.5. The Labute approximate surface area is 188 Å². The number of nitrogens with zero attached hydrogens (tertiary/aromatic N) is 3. The van der Waals surface area contributed by atoms with Crippen molar-refractivity contribution in [3.63, 3.8) is 0 Å². The van der Waals surface area contributed by atoms with E-state index < -0.39 is 0 Å². The summed E-state index contributed by atoms with van der Waals surface area (Å²) < 4.78 is 11.3. The van der Waals surface area contributed by atoms with E-state index in [1.807, 2.05) is 29.2 Å². The number of rotatable bonds is 6. The van der Waals surface area contributed by atoms with Crippen LogP contribution in [-0.2, 0) is 6.54 Å². The fourth-order valence-electron chi connectivity index (χ4n) is 4.15. The summed E-state index contributed by atoms with van der Waals surface area (Å²) in [6, 6.07) is 11.0. The minimum Gasteiger partial charge on any atom is -0.497 e. The number of carbonyl (C=O) groups is 2. The van der Waals surface area contributed by atoms with Gasteiger partial charge >= 0.3 is 6.03 Å². The van der Waals surface area contributed by atoms with E-state index in [0.29, 0.717) is 37.5 Å². The quantitative estimate of drug-likeness (QED) is 0.749. The fraction of sp³-hybridized carbons (Fsp3) is 0.458. The Bertz CT molecular complexity index is 945. The molecule has 1 atom stereocenters. The number of urea groups is 1. The van der Waals surface area contributed by atoms with Gasteiger partial charge in [-0.1, -0.05) is 12.1 Å². The van der Waals surface area contributed by atoms with Crippen molar-refractivity contribution in [3.8, 4) is 11.6 Å². The van der Waals surface area contributed by atoms with E-state index in [2.05, 4.69) is 10.3 Å². The van der Waals surface area contributed by atoms with E-state index in [1.54, 1.807) is 30.3 Å². The van der Waals surface area contributed by atoms with E-state index in [1.165, 1.54) is 0 Å². The van der Waals surface area contributed by atoms with Crippen molar-refractivity contribution in [3.05, 3.63) is 53.7 Å². The standard InChI is InChI=1S/C24H30N4O4/c1-31-19-8-5-7-18(15-19)16-26-24(30)28-14-10-20(17-28)32-22-21(9-6-11-25-22)23(29)27-12-3-2-4-13-27/h5-9,11,15,20H,2-4,10,12-14,16-17H2,1H3,(H,26,30). The lowest BCUT2D eigenvalue weighted by atomic mass is 10.1. The molecule has 8 nitrogen and oxygen atoms in total. The minimum absolute atomic E-state index is 0.0290. The molecule has 2 saturated heterocycles. The zero-order chi connectivity index (χ0) is 22.3. The van der Waals surface area contributed by atoms with Gasteiger partial charge in [-0.3, -0.25) is 4.79 Å². The molecule has 2 aliphatic heterocycles. The van der Waals surface area contributed by atoms with Crippen LogP contribution in [0, 0.1) is 0 Å². The highest BCUT2D eigenvalue weighted by atomic mass is 16.5. The summed E-state index contributed by atoms with van der Waals surface area (Å²) in [5.41, 5.74) is 1.47. The molecule has 32 heavy (non-hydrogen) atoms. The molecule has 1 aromatic carbocycles. The number of amides is 3. The van der Waals surface area contributed by atoms with Gasteiger partial charge in [0, 0.05) is 38.8 Å². The molecule has 0 radical (unpaired) electrons. The number of methoxy groups -OCH3 is 1. The third-order valence-electron chi connectivity index (χ3n) is 5.93. The first kappa shape index (κ1) is 21.9. The molecule has 1 aromatic heterocycles. The van der Waals surface area contributed by atoms with Gasteiger partial charge in [-0.05, 0) is 49.1 Å². The van der Waals surface area contributed by atoms with Crippen LogP contribution >= 0.6 is 0 Å². The second-order valence-electron chi connectivity index (χ2n) is 8.19. The normalized spacial score (nSPS) is 18.3. The average molecular weight is 439 g/mol. The number of nitrogens with one attached hydrogen (secondary N) is 1. The smallest absolute Gasteiger partial charge is 0.317 e. The second-order valence-corrected chi connectivity index (χ2v) is 8.19. The van der Waals surface area contributed by atoms with Crippen molar-refractivity contribution < 1.29 is 19.1 Å². The zero-order valence-corrected chi connectivity index (χ0v) is 18.5. The van der Waals surface area contributed by atoms with Gasteiger partial charge in [0.25, 0.3) is 5.91 Å². The largest absolute Gasteiger partial charge is 0.497 e. The molecule has 3 amide bonds. The SMILES string of the molecule is COc1cccc(CNC(=O)N2CCC(Oc3ncccc3C(=O)N3CCCCC3)C2)c1. The Morgan fingerprint density at radius 2 is 1.94 bits per heavy atom. The van der Waals surface area contributed by atoms with Gasteiger partial charge < -0.3 is 24.6 Å². The topological polar surface area (TPSA) is 84.0 Å². The number of benzene rings is 1. The molecule has 170 valence electrons. The first-order valence-corrected chi connectivity index (χ1v) is 11.2. The number of ether oxygens (including phenoxy) is 2. The summed E-state index contributed by atoms with van der Waals surface area (Å²) in [5.74, 6) is 1.09. The maximum absolute atomic E-state index is 13.0. The lowest BCUT2D eigenvalue weighted by molar-refractivity contribution is 0.0715. The molecule has 3 heterocycles. The first-order valence-electron chi connectivity index (χ1n) is 11.2. The molecule has 2 fully saturated rings. The Morgan fingerprint density at radius 3 is 2.75 bits per heavy atom. The second kappa shape index (κ2) is 10.3. The molecular formula is C24H30N4O4. The Hall–Kier alpha value is -3.29. The first-order chi connectivity index (χ1) is 15.6. The monoisotopic (exact) mass is 438 g/mol. The van der Waals surface area contributed by atoms with Crippen LogP contribution in [0.5, 0.6) is 11.6 Å². The van der Waals surface area contributed by atoms with E-state index in [9.17, 15) is 9.59 Å². The molecule has 4 rings (SSSR count). The number of hydrogen-bond donors (Lipinski definition) is 1. The molecule has 1 unspecified atom stereocenters. The van der Waals surface area contributed by atoms with Crippen molar-refractivity contribution in [2.45, 2.75) is 38.3 Å². The van der Waals surface area contributed by atoms with Gasteiger partial charge in [0.2, 0.25) is 5.88 Å². The van der Waals surface area contributed by atoms with Crippen LogP contribution in [0.2, 0.25) is 0 Å². The highest BCUT2D eigenvalue weighted by Gasteiger charge is 2.30. The van der Waals surface area contributed by atoms with Gasteiger partial charge in [0.05, 0.1) is 13.7 Å². The molecule has 1 N–H and O–H groups in total. The molecule has 0 bridgehead atoms. The van der Waals surface area contributed by atoms with Crippen LogP contribution < -0.4 is 14.8 Å². The third-order valence-corrected chi connectivity index (χ3v) is 5.93. The average Bonchev–Trinajstić information content (AvgIpc) is 3.32. The van der Waals surface area contributed by atoms with Crippen molar-refractivity contribution in [2.24, 2.45) is 0 Å². The van der Waals surface area contributed by atoms with Crippen LogP contribution in [0.3, 0.4) is 0 Å². The molecule has 2 aromatic rings. The molecular weight excluding hydrogens is 408 g/mol. The van der Waals surface area contributed by atoms with Crippen LogP contribution in [-0.4, -0.2) is 66.1 Å². The number of piperidine rings is 1. The summed E-state index contributed by atoms with van der Waals surface area (Å²) >= 11 is 0. The van der Waals surface area contributed by atoms with Crippen LogP contribution in [0.4, 0.5) is 4.79 Å². The van der Waals surface area contributed by atoms with E-state index in [-0.39, 0.29) is 18.0 Å². The molecule has 0 spiro atoms. The Kier molecular flexibility index (Phi) is 7.09. The number of hydrogen-bond acceptors (Lipinski definition) is 5. The summed E-state index contributed by atoms with van der Waals surface area (Å²) in [6.45, 7) is 3.02. The predicted molar refractivity (Wildman–Crippen MR) is 120 cm³/mol. The lowest BCUT2D eigenvalue weighted by Gasteiger charge is -2.27. The Balaban J connectivity index is 1.32. The molecule has 0 saturated carbocycles. The highest BCUT2D eigenvalue weighted by molar-refractivity contribution is 5.96. The number of pyridine rings is 1. The van der Waals surface area contributed by atoms with Crippen LogP contribution in [0.1, 0.15) is 41.6 Å². The highest BCUT2D eigenvalue weighted by Crippen LogP contribution is 2.23. The van der Waals surface area contributed by atoms with Gasteiger partial charge in [-0.2, -0.15) is 0 Å². The summed E-state index contributed by atoms with van der Waals surface area (Å²) in [4.78, 5) is 33.5. The van der Waals surface area contributed by atoms with Crippen molar-refractivity contribution in [1.29, 1.82) is 0 Å². The van der Waals surface area contributed by atoms with Crippen molar-refractivity contribution in [1.82, 2.24) is 20.1 Å². The van der Waals surface area contributed by atoms with E-state index in [0.717, 1.165) is 43.7 Å². The summed E-state index contributed by atoms with van der Waals surface area (Å²) in [5, 5.41) is 2.95. The van der Waals surface area contributed by atoms with Gasteiger partial charge in [-0.25, -0.2) is 9.78 Å². The van der Waals surface area contributed by atoms with Crippen LogP contribution in [0.15, 0.2) is 42.6 Å². The van der Waals surface area contributed by atoms with Gasteiger partial charge in [0.15, 0.2) is 0 Å². The summed E-state index contributed by atoms with van der Waals surface area (Å²) in [7, 11) is 1.62. The third kappa shape index (κ3) is 5.30. The van der Waals surface area contributed by atoms with Crippen molar-refractivity contribution >= 4 is 11.9 Å². The molecule has 8 heteroatoms. The number of carbonyl (C=O) groups excluding carboxylic acids is 2. The number of aromatic nitrogens is 1. The summed E-state index contributed by atoms with van der Waals surface area (Å²) in [6.07, 6.45) is 5.37. The van der Waals surface area contributed by atoms with E-state index in [4.69, 9.17) is 9.47 Å². The lowest BCUT2D eigenvalue weighted by Crippen LogP contribution is -2.39.